The van der Waals surface area contributed by atoms with Gasteiger partial charge in [-0.25, -0.2) is 0 Å². The van der Waals surface area contributed by atoms with Crippen LogP contribution < -0.4 is 0 Å². The van der Waals surface area contributed by atoms with Crippen molar-refractivity contribution in [1.82, 2.24) is 4.90 Å². The Morgan fingerprint density at radius 1 is 1.00 bits per heavy atom. The predicted octanol–water partition coefficient (Wildman–Crippen LogP) is 3.89. The molecule has 0 spiro atoms. The number of hydrogen-bond acceptors (Lipinski definition) is 2. The zero-order chi connectivity index (χ0) is 13.7. The van der Waals surface area contributed by atoms with Crippen LogP contribution in [0, 0.1) is 17.8 Å². The summed E-state index contributed by atoms with van der Waals surface area (Å²) >= 11 is 0. The molecule has 1 heterocycles. The zero-order valence-corrected chi connectivity index (χ0v) is 12.9. The van der Waals surface area contributed by atoms with Gasteiger partial charge in [0.1, 0.15) is 5.78 Å². The van der Waals surface area contributed by atoms with Crippen LogP contribution in [0.1, 0.15) is 65.2 Å². The molecule has 0 atom stereocenters. The third-order valence-corrected chi connectivity index (χ3v) is 5.27. The van der Waals surface area contributed by atoms with Gasteiger partial charge in [-0.05, 0) is 56.5 Å². The molecule has 1 saturated heterocycles. The first-order valence-corrected chi connectivity index (χ1v) is 8.41. The maximum absolute atomic E-state index is 11.5. The summed E-state index contributed by atoms with van der Waals surface area (Å²) in [6.07, 6.45) is 9.80. The standard InChI is InChI=1S/C17H31NO/c1-3-17(19)12-15-8-10-18(11-9-15)13-16-6-4-14(2)5-7-16/h14-16H,3-13H2,1-2H3. The number of piperidine rings is 1. The van der Waals surface area contributed by atoms with Crippen molar-refractivity contribution in [2.75, 3.05) is 19.6 Å². The summed E-state index contributed by atoms with van der Waals surface area (Å²) in [5.74, 6) is 3.04. The second kappa shape index (κ2) is 7.42. The number of hydrogen-bond donors (Lipinski definition) is 0. The van der Waals surface area contributed by atoms with Gasteiger partial charge in [0, 0.05) is 19.4 Å². The van der Waals surface area contributed by atoms with Crippen molar-refractivity contribution in [2.24, 2.45) is 17.8 Å². The Hall–Kier alpha value is -0.370. The second-order valence-corrected chi connectivity index (χ2v) is 6.97. The van der Waals surface area contributed by atoms with Crippen LogP contribution in [0.15, 0.2) is 0 Å². The molecule has 0 bridgehead atoms. The van der Waals surface area contributed by atoms with E-state index in [1.54, 1.807) is 0 Å². The molecule has 0 unspecified atom stereocenters. The van der Waals surface area contributed by atoms with Gasteiger partial charge >= 0.3 is 0 Å². The van der Waals surface area contributed by atoms with E-state index in [0.717, 1.165) is 24.7 Å². The van der Waals surface area contributed by atoms with E-state index in [0.29, 0.717) is 11.7 Å². The van der Waals surface area contributed by atoms with Crippen molar-refractivity contribution >= 4 is 5.78 Å². The molecule has 2 heteroatoms. The number of nitrogens with zero attached hydrogens (tertiary/aromatic N) is 1. The molecule has 0 amide bonds. The number of carbonyl (C=O) groups excluding carboxylic acids is 1. The monoisotopic (exact) mass is 265 g/mol. The molecule has 0 aromatic heterocycles. The van der Waals surface area contributed by atoms with Crippen LogP contribution in [-0.4, -0.2) is 30.3 Å². The maximum Gasteiger partial charge on any atom is 0.132 e. The van der Waals surface area contributed by atoms with E-state index >= 15 is 0 Å². The van der Waals surface area contributed by atoms with E-state index in [1.807, 2.05) is 6.92 Å². The van der Waals surface area contributed by atoms with Crippen LogP contribution in [0.3, 0.4) is 0 Å². The summed E-state index contributed by atoms with van der Waals surface area (Å²) in [7, 11) is 0. The lowest BCUT2D eigenvalue weighted by molar-refractivity contribution is -0.120. The quantitative estimate of drug-likeness (QED) is 0.751. The largest absolute Gasteiger partial charge is 0.303 e. The Labute approximate surface area is 118 Å². The summed E-state index contributed by atoms with van der Waals surface area (Å²) in [5, 5.41) is 0. The molecule has 1 aliphatic carbocycles. The molecule has 1 saturated carbocycles. The van der Waals surface area contributed by atoms with Gasteiger partial charge < -0.3 is 4.90 Å². The van der Waals surface area contributed by atoms with E-state index in [2.05, 4.69) is 11.8 Å². The van der Waals surface area contributed by atoms with Crippen molar-refractivity contribution in [1.29, 1.82) is 0 Å². The molecular formula is C17H31NO. The fourth-order valence-corrected chi connectivity index (χ4v) is 3.72. The van der Waals surface area contributed by atoms with Gasteiger partial charge in [0.15, 0.2) is 0 Å². The summed E-state index contributed by atoms with van der Waals surface area (Å²) in [6.45, 7) is 8.16. The first kappa shape index (κ1) is 15.0. The van der Waals surface area contributed by atoms with E-state index in [1.165, 1.54) is 58.2 Å². The second-order valence-electron chi connectivity index (χ2n) is 6.97. The van der Waals surface area contributed by atoms with Crippen LogP contribution in [-0.2, 0) is 4.79 Å². The average molecular weight is 265 g/mol. The fraction of sp³-hybridized carbons (Fsp3) is 0.941. The highest BCUT2D eigenvalue weighted by atomic mass is 16.1. The van der Waals surface area contributed by atoms with Crippen molar-refractivity contribution < 1.29 is 4.79 Å². The van der Waals surface area contributed by atoms with E-state index in [4.69, 9.17) is 0 Å². The van der Waals surface area contributed by atoms with Gasteiger partial charge in [0.2, 0.25) is 0 Å². The first-order chi connectivity index (χ1) is 9.17. The van der Waals surface area contributed by atoms with Crippen LogP contribution >= 0.6 is 0 Å². The number of Topliss-reactive ketones (excluding diaryl/α,β-unsaturated/α-hetero) is 1. The smallest absolute Gasteiger partial charge is 0.132 e. The Morgan fingerprint density at radius 2 is 1.63 bits per heavy atom. The Morgan fingerprint density at radius 3 is 2.21 bits per heavy atom. The van der Waals surface area contributed by atoms with Crippen molar-refractivity contribution in [2.45, 2.75) is 65.2 Å². The highest BCUT2D eigenvalue weighted by Gasteiger charge is 2.24. The lowest BCUT2D eigenvalue weighted by atomic mass is 9.82. The third-order valence-electron chi connectivity index (χ3n) is 5.27. The molecule has 2 nitrogen and oxygen atoms in total. The molecule has 0 aromatic carbocycles. The lowest BCUT2D eigenvalue weighted by Gasteiger charge is -2.36. The van der Waals surface area contributed by atoms with E-state index in [-0.39, 0.29) is 0 Å². The average Bonchev–Trinajstić information content (AvgIpc) is 2.43. The molecule has 0 radical (unpaired) electrons. The molecule has 19 heavy (non-hydrogen) atoms. The fourth-order valence-electron chi connectivity index (χ4n) is 3.72. The van der Waals surface area contributed by atoms with Gasteiger partial charge in [-0.1, -0.05) is 26.7 Å². The number of ketones is 1. The minimum Gasteiger partial charge on any atom is -0.303 e. The highest BCUT2D eigenvalue weighted by molar-refractivity contribution is 5.78. The molecule has 2 rings (SSSR count). The van der Waals surface area contributed by atoms with Crippen molar-refractivity contribution in [3.8, 4) is 0 Å². The minimum atomic E-state index is 0.458. The van der Waals surface area contributed by atoms with E-state index < -0.39 is 0 Å². The zero-order valence-electron chi connectivity index (χ0n) is 12.9. The summed E-state index contributed by atoms with van der Waals surface area (Å²) in [4.78, 5) is 14.2. The Bertz CT molecular complexity index is 273. The van der Waals surface area contributed by atoms with Gasteiger partial charge in [-0.15, -0.1) is 0 Å². The summed E-state index contributed by atoms with van der Waals surface area (Å²) in [6, 6.07) is 0. The van der Waals surface area contributed by atoms with Gasteiger partial charge in [-0.2, -0.15) is 0 Å². The molecule has 1 aliphatic heterocycles. The number of carbonyl (C=O) groups is 1. The normalized spacial score (nSPS) is 30.4. The summed E-state index contributed by atoms with van der Waals surface area (Å²) in [5.41, 5.74) is 0. The number of rotatable bonds is 5. The van der Waals surface area contributed by atoms with E-state index in [9.17, 15) is 4.79 Å². The molecule has 0 N–H and O–H groups in total. The molecule has 2 aliphatic rings. The van der Waals surface area contributed by atoms with Crippen LogP contribution in [0.4, 0.5) is 0 Å². The van der Waals surface area contributed by atoms with Crippen LogP contribution in [0.2, 0.25) is 0 Å². The lowest BCUT2D eigenvalue weighted by Crippen LogP contribution is -2.38. The highest BCUT2D eigenvalue weighted by Crippen LogP contribution is 2.30. The Kier molecular flexibility index (Phi) is 5.87. The first-order valence-electron chi connectivity index (χ1n) is 8.41. The van der Waals surface area contributed by atoms with Crippen LogP contribution in [0.5, 0.6) is 0 Å². The molecule has 110 valence electrons. The molecule has 2 fully saturated rings. The van der Waals surface area contributed by atoms with Gasteiger partial charge in [0.05, 0.1) is 0 Å². The SMILES string of the molecule is CCC(=O)CC1CCN(CC2CCC(C)CC2)CC1. The molecule has 0 aromatic rings. The van der Waals surface area contributed by atoms with Gasteiger partial charge in [-0.3, -0.25) is 4.79 Å². The molecular weight excluding hydrogens is 234 g/mol. The third kappa shape index (κ3) is 4.91. The number of likely N-dealkylation sites (tertiary alicyclic amines) is 1. The van der Waals surface area contributed by atoms with Crippen molar-refractivity contribution in [3.05, 3.63) is 0 Å². The topological polar surface area (TPSA) is 20.3 Å². The Balaban J connectivity index is 1.64. The maximum atomic E-state index is 11.5. The minimum absolute atomic E-state index is 0.458. The summed E-state index contributed by atoms with van der Waals surface area (Å²) < 4.78 is 0. The van der Waals surface area contributed by atoms with Crippen LogP contribution in [0.25, 0.3) is 0 Å². The predicted molar refractivity (Wildman–Crippen MR) is 80.2 cm³/mol. The van der Waals surface area contributed by atoms with Crippen molar-refractivity contribution in [3.63, 3.8) is 0 Å². The van der Waals surface area contributed by atoms with Gasteiger partial charge in [0.25, 0.3) is 0 Å².